The number of primary amides is 1. The van der Waals surface area contributed by atoms with Crippen LogP contribution in [0.4, 0.5) is 5.82 Å². The van der Waals surface area contributed by atoms with Crippen LogP contribution in [0.5, 0.6) is 0 Å². The van der Waals surface area contributed by atoms with E-state index in [1.807, 2.05) is 26.8 Å². The van der Waals surface area contributed by atoms with E-state index < -0.39 is 0 Å². The fraction of sp³-hybridized carbons (Fsp3) is 0.526. The summed E-state index contributed by atoms with van der Waals surface area (Å²) >= 11 is 0. The van der Waals surface area contributed by atoms with Crippen molar-refractivity contribution >= 4 is 17.6 Å². The Morgan fingerprint density at radius 1 is 1.11 bits per heavy atom. The maximum absolute atomic E-state index is 12.5. The topological polar surface area (TPSA) is 128 Å². The molecule has 3 rings (SSSR count). The van der Waals surface area contributed by atoms with Crippen molar-refractivity contribution in [3.8, 4) is 5.95 Å². The first kappa shape index (κ1) is 19.9. The summed E-state index contributed by atoms with van der Waals surface area (Å²) in [4.78, 5) is 32.9. The zero-order valence-electron chi connectivity index (χ0n) is 16.5. The SMILES string of the molecule is Cc1cc(C)nc(-n2nc(C)cc2NC(=O)CN[C@@H]2CCCC[C@H]2C(N)=O)n1. The van der Waals surface area contributed by atoms with Crippen molar-refractivity contribution in [2.45, 2.75) is 52.5 Å². The van der Waals surface area contributed by atoms with Crippen LogP contribution in [0, 0.1) is 26.7 Å². The zero-order chi connectivity index (χ0) is 20.3. The highest BCUT2D eigenvalue weighted by molar-refractivity contribution is 5.91. The molecule has 2 atom stereocenters. The van der Waals surface area contributed by atoms with Crippen molar-refractivity contribution < 1.29 is 9.59 Å². The Morgan fingerprint density at radius 2 is 1.79 bits per heavy atom. The number of nitrogens with two attached hydrogens (primary N) is 1. The summed E-state index contributed by atoms with van der Waals surface area (Å²) in [6.07, 6.45) is 3.63. The molecule has 2 amide bonds. The first-order valence-corrected chi connectivity index (χ1v) is 9.55. The molecule has 0 saturated heterocycles. The number of rotatable bonds is 6. The summed E-state index contributed by atoms with van der Waals surface area (Å²) in [5, 5.41) is 10.4. The minimum atomic E-state index is -0.307. The number of aryl methyl sites for hydroxylation is 3. The maximum Gasteiger partial charge on any atom is 0.252 e. The van der Waals surface area contributed by atoms with E-state index in [0.29, 0.717) is 11.8 Å². The molecule has 2 aromatic rings. The van der Waals surface area contributed by atoms with E-state index in [1.54, 1.807) is 6.07 Å². The molecule has 1 saturated carbocycles. The molecule has 9 nitrogen and oxygen atoms in total. The smallest absolute Gasteiger partial charge is 0.252 e. The Labute approximate surface area is 164 Å². The van der Waals surface area contributed by atoms with Crippen molar-refractivity contribution in [1.82, 2.24) is 25.1 Å². The number of carbonyl (C=O) groups excluding carboxylic acids is 2. The number of carbonyl (C=O) groups is 2. The largest absolute Gasteiger partial charge is 0.369 e. The van der Waals surface area contributed by atoms with Crippen molar-refractivity contribution in [2.75, 3.05) is 11.9 Å². The first-order chi connectivity index (χ1) is 13.3. The van der Waals surface area contributed by atoms with E-state index >= 15 is 0 Å². The number of amides is 2. The van der Waals surface area contributed by atoms with Crippen LogP contribution in [-0.4, -0.2) is 44.1 Å². The molecule has 1 aliphatic rings. The number of aromatic nitrogens is 4. The highest BCUT2D eigenvalue weighted by Crippen LogP contribution is 2.24. The number of nitrogens with zero attached hydrogens (tertiary/aromatic N) is 4. The fourth-order valence-corrected chi connectivity index (χ4v) is 3.67. The van der Waals surface area contributed by atoms with Gasteiger partial charge >= 0.3 is 0 Å². The number of hydrogen-bond acceptors (Lipinski definition) is 6. The molecular weight excluding hydrogens is 358 g/mol. The van der Waals surface area contributed by atoms with Crippen LogP contribution in [0.25, 0.3) is 5.95 Å². The Kier molecular flexibility index (Phi) is 6.03. The monoisotopic (exact) mass is 385 g/mol. The van der Waals surface area contributed by atoms with Gasteiger partial charge in [-0.2, -0.15) is 9.78 Å². The second-order valence-corrected chi connectivity index (χ2v) is 7.36. The van der Waals surface area contributed by atoms with Crippen LogP contribution < -0.4 is 16.4 Å². The normalized spacial score (nSPS) is 19.4. The van der Waals surface area contributed by atoms with Gasteiger partial charge in [-0.25, -0.2) is 9.97 Å². The van der Waals surface area contributed by atoms with Gasteiger partial charge in [0, 0.05) is 23.5 Å². The highest BCUT2D eigenvalue weighted by Gasteiger charge is 2.29. The van der Waals surface area contributed by atoms with Crippen LogP contribution in [0.15, 0.2) is 12.1 Å². The maximum atomic E-state index is 12.5. The van der Waals surface area contributed by atoms with Gasteiger partial charge in [0.1, 0.15) is 5.82 Å². The van der Waals surface area contributed by atoms with Crippen LogP contribution in [0.3, 0.4) is 0 Å². The molecule has 0 spiro atoms. The third-order valence-electron chi connectivity index (χ3n) is 4.92. The Hall–Kier alpha value is -2.81. The summed E-state index contributed by atoms with van der Waals surface area (Å²) in [6.45, 7) is 5.70. The van der Waals surface area contributed by atoms with Gasteiger partial charge in [0.2, 0.25) is 11.8 Å². The van der Waals surface area contributed by atoms with Crippen molar-refractivity contribution in [3.63, 3.8) is 0 Å². The minimum absolute atomic E-state index is 0.0635. The second-order valence-electron chi connectivity index (χ2n) is 7.36. The molecule has 9 heteroatoms. The lowest BCUT2D eigenvalue weighted by Crippen LogP contribution is -2.47. The minimum Gasteiger partial charge on any atom is -0.369 e. The molecule has 0 bridgehead atoms. The number of anilines is 1. The van der Waals surface area contributed by atoms with Crippen molar-refractivity contribution in [2.24, 2.45) is 11.7 Å². The fourth-order valence-electron chi connectivity index (χ4n) is 3.67. The standard InChI is InChI=1S/C19H27N7O2/c1-11-8-12(2)23-19(22-11)26-16(9-13(3)25-26)24-17(27)10-21-15-7-5-4-6-14(15)18(20)28/h8-9,14-15,21H,4-7,10H2,1-3H3,(H2,20,28)(H,24,27)/t14-,15-/m1/s1. The Bertz CT molecular complexity index is 857. The summed E-state index contributed by atoms with van der Waals surface area (Å²) in [5.74, 6) is 0.162. The molecule has 2 aromatic heterocycles. The van der Waals surface area contributed by atoms with Gasteiger partial charge in [-0.1, -0.05) is 12.8 Å². The zero-order valence-corrected chi connectivity index (χ0v) is 16.5. The quantitative estimate of drug-likeness (QED) is 0.685. The summed E-state index contributed by atoms with van der Waals surface area (Å²) < 4.78 is 1.53. The summed E-state index contributed by atoms with van der Waals surface area (Å²) in [7, 11) is 0. The second kappa shape index (κ2) is 8.47. The van der Waals surface area contributed by atoms with Gasteiger partial charge in [0.05, 0.1) is 18.2 Å². The Balaban J connectivity index is 1.68. The van der Waals surface area contributed by atoms with Crippen LogP contribution in [-0.2, 0) is 9.59 Å². The lowest BCUT2D eigenvalue weighted by atomic mass is 9.84. The predicted molar refractivity (Wildman–Crippen MR) is 105 cm³/mol. The van der Waals surface area contributed by atoms with E-state index in [-0.39, 0.29) is 30.3 Å². The highest BCUT2D eigenvalue weighted by atomic mass is 16.2. The number of hydrogen-bond donors (Lipinski definition) is 3. The molecule has 28 heavy (non-hydrogen) atoms. The van der Waals surface area contributed by atoms with Crippen LogP contribution in [0.1, 0.15) is 42.8 Å². The van der Waals surface area contributed by atoms with Gasteiger partial charge in [0.15, 0.2) is 0 Å². The third kappa shape index (κ3) is 4.72. The molecule has 150 valence electrons. The van der Waals surface area contributed by atoms with Gasteiger partial charge in [-0.05, 0) is 39.7 Å². The molecule has 2 heterocycles. The average Bonchev–Trinajstić information content (AvgIpc) is 2.99. The molecule has 0 aliphatic heterocycles. The molecule has 1 fully saturated rings. The van der Waals surface area contributed by atoms with Crippen LogP contribution in [0.2, 0.25) is 0 Å². The van der Waals surface area contributed by atoms with E-state index in [0.717, 1.165) is 42.8 Å². The lowest BCUT2D eigenvalue weighted by Gasteiger charge is -2.29. The predicted octanol–water partition coefficient (Wildman–Crippen LogP) is 1.16. The van der Waals surface area contributed by atoms with Crippen LogP contribution >= 0.6 is 0 Å². The van der Waals surface area contributed by atoms with Gasteiger partial charge < -0.3 is 16.4 Å². The Morgan fingerprint density at radius 3 is 2.46 bits per heavy atom. The molecular formula is C19H27N7O2. The molecule has 1 aliphatic carbocycles. The summed E-state index contributed by atoms with van der Waals surface area (Å²) in [6, 6.07) is 3.58. The van der Waals surface area contributed by atoms with Gasteiger partial charge in [-0.3, -0.25) is 9.59 Å². The summed E-state index contributed by atoms with van der Waals surface area (Å²) in [5.41, 5.74) is 7.88. The van der Waals surface area contributed by atoms with Crippen molar-refractivity contribution in [3.05, 3.63) is 29.2 Å². The van der Waals surface area contributed by atoms with E-state index in [4.69, 9.17) is 5.73 Å². The van der Waals surface area contributed by atoms with E-state index in [1.165, 1.54) is 4.68 Å². The van der Waals surface area contributed by atoms with Gasteiger partial charge in [-0.15, -0.1) is 0 Å². The van der Waals surface area contributed by atoms with Crippen molar-refractivity contribution in [1.29, 1.82) is 0 Å². The van der Waals surface area contributed by atoms with E-state index in [2.05, 4.69) is 25.7 Å². The average molecular weight is 385 g/mol. The third-order valence-corrected chi connectivity index (χ3v) is 4.92. The molecule has 0 radical (unpaired) electrons. The van der Waals surface area contributed by atoms with E-state index in [9.17, 15) is 9.59 Å². The molecule has 4 N–H and O–H groups in total. The lowest BCUT2D eigenvalue weighted by molar-refractivity contribution is -0.124. The first-order valence-electron chi connectivity index (χ1n) is 9.55. The van der Waals surface area contributed by atoms with Gasteiger partial charge in [0.25, 0.3) is 5.95 Å². The molecule has 0 unspecified atom stereocenters. The molecule has 0 aromatic carbocycles. The number of nitrogens with one attached hydrogen (secondary N) is 2.